The number of sulfone groups is 1. The fourth-order valence-corrected chi connectivity index (χ4v) is 6.54. The predicted molar refractivity (Wildman–Crippen MR) is 173 cm³/mol. The molecule has 1 aromatic heterocycles. The molecule has 1 unspecified atom stereocenters. The van der Waals surface area contributed by atoms with Gasteiger partial charge in [-0.05, 0) is 84.3 Å². The van der Waals surface area contributed by atoms with Crippen molar-refractivity contribution in [1.29, 1.82) is 0 Å². The van der Waals surface area contributed by atoms with Gasteiger partial charge in [0.2, 0.25) is 0 Å². The summed E-state index contributed by atoms with van der Waals surface area (Å²) in [7, 11) is -6.33. The summed E-state index contributed by atoms with van der Waals surface area (Å²) in [5, 5.41) is 11.0. The van der Waals surface area contributed by atoms with Gasteiger partial charge in [-0.3, -0.25) is 4.98 Å². The average molecular weight is 644 g/mol. The van der Waals surface area contributed by atoms with Crippen LogP contribution in [-0.2, 0) is 26.0 Å². The molecule has 5 aromatic rings. The summed E-state index contributed by atoms with van der Waals surface area (Å²) in [4.78, 5) is 4.28. The van der Waals surface area contributed by atoms with E-state index < -0.39 is 26.6 Å². The molecule has 0 spiro atoms. The molecular weight excluding hydrogens is 611 g/mol. The van der Waals surface area contributed by atoms with Gasteiger partial charge < -0.3 is 14.6 Å². The number of hydrogen-bond donors (Lipinski definition) is 2. The smallest absolute Gasteiger partial charge is 0.175 e. The maximum atomic E-state index is 12.5. The molecule has 232 valence electrons. The summed E-state index contributed by atoms with van der Waals surface area (Å²) in [5.41, 5.74) is 3.05. The number of hydrogen-bond acceptors (Lipinski definition) is 8. The molecule has 0 bridgehead atoms. The number of pyridine rings is 1. The summed E-state index contributed by atoms with van der Waals surface area (Å²) in [6, 6.07) is 28.1. The molecule has 0 amide bonds. The quantitative estimate of drug-likeness (QED) is 0.160. The van der Waals surface area contributed by atoms with Crippen LogP contribution < -0.4 is 9.47 Å². The van der Waals surface area contributed by atoms with Gasteiger partial charge in [0.1, 0.15) is 29.1 Å². The first kappa shape index (κ1) is 31.9. The lowest BCUT2D eigenvalue weighted by atomic mass is 9.78. The molecule has 10 heteroatoms. The van der Waals surface area contributed by atoms with E-state index in [0.29, 0.717) is 34.1 Å². The maximum Gasteiger partial charge on any atom is 0.175 e. The van der Waals surface area contributed by atoms with E-state index in [-0.39, 0.29) is 20.8 Å². The van der Waals surface area contributed by atoms with Gasteiger partial charge in [0.25, 0.3) is 0 Å². The van der Waals surface area contributed by atoms with E-state index in [1.54, 1.807) is 43.5 Å². The minimum atomic E-state index is -3.62. The first-order valence-corrected chi connectivity index (χ1v) is 17.1. The third kappa shape index (κ3) is 7.25. The Bertz CT molecular complexity index is 2000. The van der Waals surface area contributed by atoms with Crippen LogP contribution in [0.25, 0.3) is 0 Å². The van der Waals surface area contributed by atoms with Gasteiger partial charge in [-0.25, -0.2) is 16.8 Å². The summed E-state index contributed by atoms with van der Waals surface area (Å²) < 4.78 is 59.9. The Morgan fingerprint density at radius 1 is 0.778 bits per heavy atom. The van der Waals surface area contributed by atoms with Crippen molar-refractivity contribution in [2.24, 2.45) is 0 Å². The topological polar surface area (TPSA) is 120 Å². The second-order valence-corrected chi connectivity index (χ2v) is 14.2. The van der Waals surface area contributed by atoms with E-state index in [2.05, 4.69) is 18.8 Å². The third-order valence-corrected chi connectivity index (χ3v) is 9.72. The van der Waals surface area contributed by atoms with Gasteiger partial charge in [0.05, 0.1) is 9.79 Å². The number of aromatic nitrogens is 1. The van der Waals surface area contributed by atoms with E-state index in [1.807, 2.05) is 48.5 Å². The van der Waals surface area contributed by atoms with Crippen molar-refractivity contribution in [3.05, 3.63) is 137 Å². The zero-order valence-corrected chi connectivity index (χ0v) is 26.9. The number of nitrogens with zero attached hydrogens (tertiary/aromatic N) is 1. The first-order valence-electron chi connectivity index (χ1n) is 14.1. The van der Waals surface area contributed by atoms with Crippen molar-refractivity contribution in [2.45, 2.75) is 42.1 Å². The molecule has 45 heavy (non-hydrogen) atoms. The molecular formula is C35H33NO7S2. The van der Waals surface area contributed by atoms with Crippen LogP contribution >= 0.6 is 0 Å². The van der Waals surface area contributed by atoms with Gasteiger partial charge in [0.15, 0.2) is 20.5 Å². The number of rotatable bonds is 10. The van der Waals surface area contributed by atoms with Crippen LogP contribution in [0, 0.1) is 6.92 Å². The van der Waals surface area contributed by atoms with Crippen LogP contribution in [0.5, 0.6) is 23.0 Å². The lowest BCUT2D eigenvalue weighted by molar-refractivity contribution is 0.216. The fraction of sp³-hybridized carbons (Fsp3) is 0.171. The second-order valence-electron chi connectivity index (χ2n) is 11.2. The van der Waals surface area contributed by atoms with Crippen molar-refractivity contribution in [2.75, 3.05) is 6.26 Å². The summed E-state index contributed by atoms with van der Waals surface area (Å²) in [5.74, 6) is 1.96. The standard InChI is InChI=1S/C35H33NO7S2/c1-23-7-12-30(21-32(23)44(38)39)43-28-15-10-26(11-16-28)35(2,3)25-8-13-27(14-9-25)42-29-17-18-33(45(4,40)41)31(20-29)34(37)24-6-5-19-36-22-24/h5-22,34,37,44H,1-4H3. The Kier molecular flexibility index (Phi) is 9.11. The van der Waals surface area contributed by atoms with Crippen LogP contribution in [0.4, 0.5) is 0 Å². The Morgan fingerprint density at radius 3 is 1.82 bits per heavy atom. The van der Waals surface area contributed by atoms with Crippen molar-refractivity contribution in [3.63, 3.8) is 0 Å². The number of aliphatic hydroxyl groups excluding tert-OH is 1. The van der Waals surface area contributed by atoms with Gasteiger partial charge in [-0.1, -0.05) is 50.2 Å². The van der Waals surface area contributed by atoms with E-state index in [9.17, 15) is 21.9 Å². The van der Waals surface area contributed by atoms with E-state index in [0.717, 1.165) is 17.4 Å². The second kappa shape index (κ2) is 12.8. The number of aryl methyl sites for hydroxylation is 1. The average Bonchev–Trinajstić information content (AvgIpc) is 3.02. The maximum absolute atomic E-state index is 12.5. The molecule has 8 nitrogen and oxygen atoms in total. The minimum Gasteiger partial charge on any atom is -0.457 e. The lowest BCUT2D eigenvalue weighted by Gasteiger charge is -2.26. The van der Waals surface area contributed by atoms with Crippen molar-refractivity contribution in [3.8, 4) is 23.0 Å². The van der Waals surface area contributed by atoms with Crippen LogP contribution in [0.15, 0.2) is 119 Å². The molecule has 1 heterocycles. The molecule has 4 aromatic carbocycles. The molecule has 1 atom stereocenters. The number of aliphatic hydroxyl groups is 1. The van der Waals surface area contributed by atoms with Crippen LogP contribution in [0.3, 0.4) is 0 Å². The monoisotopic (exact) mass is 643 g/mol. The Labute approximate surface area is 264 Å². The summed E-state index contributed by atoms with van der Waals surface area (Å²) >= 11 is 0. The number of ether oxygens (including phenoxy) is 2. The summed E-state index contributed by atoms with van der Waals surface area (Å²) in [6.45, 7) is 5.95. The highest BCUT2D eigenvalue weighted by Crippen LogP contribution is 2.36. The Morgan fingerprint density at radius 2 is 1.31 bits per heavy atom. The van der Waals surface area contributed by atoms with Gasteiger partial charge in [-0.15, -0.1) is 0 Å². The van der Waals surface area contributed by atoms with Crippen LogP contribution in [0.2, 0.25) is 0 Å². The van der Waals surface area contributed by atoms with Gasteiger partial charge in [0, 0.05) is 35.2 Å². The molecule has 0 aliphatic heterocycles. The SMILES string of the molecule is Cc1ccc(Oc2ccc(C(C)(C)c3ccc(Oc4ccc(S(C)(=O)=O)c(C(O)c5cccnc5)c4)cc3)cc2)cc1[SH](=O)=O. The Balaban J connectivity index is 1.33. The largest absolute Gasteiger partial charge is 0.457 e. The number of thiol groups is 1. The van der Waals surface area contributed by atoms with Gasteiger partial charge in [-0.2, -0.15) is 0 Å². The molecule has 0 saturated heterocycles. The zero-order valence-electron chi connectivity index (χ0n) is 25.2. The first-order chi connectivity index (χ1) is 21.3. The molecule has 0 saturated carbocycles. The molecule has 0 radical (unpaired) electrons. The van der Waals surface area contributed by atoms with E-state index >= 15 is 0 Å². The zero-order chi connectivity index (χ0) is 32.4. The molecule has 0 aliphatic rings. The van der Waals surface area contributed by atoms with E-state index in [1.165, 1.54) is 24.4 Å². The van der Waals surface area contributed by atoms with Gasteiger partial charge >= 0.3 is 0 Å². The van der Waals surface area contributed by atoms with Crippen LogP contribution in [0.1, 0.15) is 47.8 Å². The summed E-state index contributed by atoms with van der Waals surface area (Å²) in [6.07, 6.45) is 2.97. The van der Waals surface area contributed by atoms with Crippen molar-refractivity contribution < 1.29 is 31.4 Å². The minimum absolute atomic E-state index is 0.0164. The Hall–Kier alpha value is -4.51. The molecule has 0 aliphatic carbocycles. The van der Waals surface area contributed by atoms with Crippen molar-refractivity contribution >= 4 is 20.5 Å². The predicted octanol–water partition coefficient (Wildman–Crippen LogP) is 6.76. The highest BCUT2D eigenvalue weighted by molar-refractivity contribution is 7.90. The number of benzene rings is 4. The van der Waals surface area contributed by atoms with Crippen molar-refractivity contribution in [1.82, 2.24) is 4.98 Å². The molecule has 0 fully saturated rings. The molecule has 1 N–H and O–H groups in total. The third-order valence-electron chi connectivity index (χ3n) is 7.68. The normalized spacial score (nSPS) is 12.6. The molecule has 5 rings (SSSR count). The van der Waals surface area contributed by atoms with Crippen LogP contribution in [-0.4, -0.2) is 33.2 Å². The van der Waals surface area contributed by atoms with E-state index in [4.69, 9.17) is 9.47 Å². The lowest BCUT2D eigenvalue weighted by Crippen LogP contribution is -2.18. The highest BCUT2D eigenvalue weighted by atomic mass is 32.2. The fourth-order valence-electron chi connectivity index (χ4n) is 5.03. The highest BCUT2D eigenvalue weighted by Gasteiger charge is 2.24.